The highest BCUT2D eigenvalue weighted by Crippen LogP contribution is 2.16. The van der Waals surface area contributed by atoms with Gasteiger partial charge in [-0.2, -0.15) is 0 Å². The number of halogens is 1. The smallest absolute Gasteiger partial charge is 0.240 e. The average molecular weight is 316 g/mol. The van der Waals surface area contributed by atoms with Crippen molar-refractivity contribution < 1.29 is 17.5 Å². The minimum atomic E-state index is -3.64. The number of rotatable bonds is 7. The van der Waals surface area contributed by atoms with Gasteiger partial charge >= 0.3 is 0 Å². The Balaban J connectivity index is 2.07. The first-order valence-electron chi connectivity index (χ1n) is 7.13. The van der Waals surface area contributed by atoms with Crippen LogP contribution in [0.3, 0.4) is 0 Å². The highest BCUT2D eigenvalue weighted by atomic mass is 32.2. The zero-order valence-electron chi connectivity index (χ0n) is 12.1. The van der Waals surface area contributed by atoms with Crippen molar-refractivity contribution in [3.63, 3.8) is 0 Å². The number of hydrogen-bond acceptors (Lipinski definition) is 4. The van der Waals surface area contributed by atoms with Crippen LogP contribution in [0, 0.1) is 5.82 Å². The summed E-state index contributed by atoms with van der Waals surface area (Å²) in [4.78, 5) is 0.0785. The van der Waals surface area contributed by atoms with E-state index in [1.807, 2.05) is 6.92 Å². The van der Waals surface area contributed by atoms with Crippen LogP contribution >= 0.6 is 0 Å². The molecular formula is C14H21FN2O3S. The lowest BCUT2D eigenvalue weighted by Gasteiger charge is -2.12. The lowest BCUT2D eigenvalue weighted by atomic mass is 10.2. The second-order valence-electron chi connectivity index (χ2n) is 5.02. The summed E-state index contributed by atoms with van der Waals surface area (Å²) in [6.07, 6.45) is 1.74. The van der Waals surface area contributed by atoms with Crippen LogP contribution < -0.4 is 10.0 Å². The van der Waals surface area contributed by atoms with Crippen LogP contribution in [0.1, 0.15) is 25.3 Å². The predicted octanol–water partition coefficient (Wildman–Crippen LogP) is 1.39. The van der Waals surface area contributed by atoms with Crippen molar-refractivity contribution in [2.75, 3.05) is 19.7 Å². The van der Waals surface area contributed by atoms with E-state index in [2.05, 4.69) is 10.0 Å². The lowest BCUT2D eigenvalue weighted by Crippen LogP contribution is -2.32. The molecule has 1 saturated heterocycles. The molecule has 1 aromatic rings. The lowest BCUT2D eigenvalue weighted by molar-refractivity contribution is 0.114. The molecule has 5 nitrogen and oxygen atoms in total. The molecule has 21 heavy (non-hydrogen) atoms. The number of ether oxygens (including phenoxy) is 1. The molecule has 1 unspecified atom stereocenters. The maximum absolute atomic E-state index is 13.6. The molecule has 1 atom stereocenters. The van der Waals surface area contributed by atoms with Gasteiger partial charge in [-0.3, -0.25) is 0 Å². The third kappa shape index (κ3) is 4.47. The van der Waals surface area contributed by atoms with Gasteiger partial charge in [0.1, 0.15) is 5.82 Å². The van der Waals surface area contributed by atoms with Crippen molar-refractivity contribution in [1.82, 2.24) is 10.0 Å². The number of benzene rings is 1. The summed E-state index contributed by atoms with van der Waals surface area (Å²) in [6, 6.07) is 3.84. The molecule has 0 radical (unpaired) electrons. The second kappa shape index (κ2) is 7.31. The van der Waals surface area contributed by atoms with Crippen LogP contribution in [-0.4, -0.2) is 34.2 Å². The molecule has 0 aromatic heterocycles. The SMILES string of the molecule is CCNCc1cc(S(=O)(=O)NCC2CCCO2)ccc1F. The molecule has 1 heterocycles. The zero-order valence-corrected chi connectivity index (χ0v) is 12.9. The van der Waals surface area contributed by atoms with E-state index in [0.29, 0.717) is 25.3 Å². The molecular weight excluding hydrogens is 295 g/mol. The first-order valence-corrected chi connectivity index (χ1v) is 8.61. The minimum Gasteiger partial charge on any atom is -0.377 e. The fourth-order valence-electron chi connectivity index (χ4n) is 2.20. The summed E-state index contributed by atoms with van der Waals surface area (Å²) in [5.74, 6) is -0.408. The monoisotopic (exact) mass is 316 g/mol. The highest BCUT2D eigenvalue weighted by molar-refractivity contribution is 7.89. The molecule has 0 saturated carbocycles. The Morgan fingerprint density at radius 1 is 1.43 bits per heavy atom. The molecule has 0 amide bonds. The fourth-order valence-corrected chi connectivity index (χ4v) is 3.32. The Hall–Kier alpha value is -1.02. The van der Waals surface area contributed by atoms with Crippen molar-refractivity contribution in [2.45, 2.75) is 37.3 Å². The van der Waals surface area contributed by atoms with Crippen LogP contribution in [0.15, 0.2) is 23.1 Å². The Labute approximate surface area is 124 Å². The number of sulfonamides is 1. The van der Waals surface area contributed by atoms with Gasteiger partial charge < -0.3 is 10.1 Å². The van der Waals surface area contributed by atoms with Gasteiger partial charge in [-0.15, -0.1) is 0 Å². The van der Waals surface area contributed by atoms with Crippen LogP contribution in [0.25, 0.3) is 0 Å². The Bertz CT molecular complexity index is 572. The zero-order chi connectivity index (χ0) is 15.3. The van der Waals surface area contributed by atoms with Gasteiger partial charge in [0.25, 0.3) is 0 Å². The standard InChI is InChI=1S/C14H21FN2O3S/c1-2-16-9-11-8-13(5-6-14(11)15)21(18,19)17-10-12-4-3-7-20-12/h5-6,8,12,16-17H,2-4,7,9-10H2,1H3. The first-order chi connectivity index (χ1) is 10.0. The van der Waals surface area contributed by atoms with E-state index >= 15 is 0 Å². The van der Waals surface area contributed by atoms with Gasteiger partial charge in [-0.05, 0) is 37.6 Å². The Morgan fingerprint density at radius 3 is 2.90 bits per heavy atom. The van der Waals surface area contributed by atoms with Crippen molar-refractivity contribution in [3.8, 4) is 0 Å². The molecule has 2 rings (SSSR count). The van der Waals surface area contributed by atoms with Crippen LogP contribution in [0.5, 0.6) is 0 Å². The van der Waals surface area contributed by atoms with Gasteiger partial charge in [0.2, 0.25) is 10.0 Å². The van der Waals surface area contributed by atoms with Crippen LogP contribution in [0.4, 0.5) is 4.39 Å². The van der Waals surface area contributed by atoms with Crippen LogP contribution in [-0.2, 0) is 21.3 Å². The van der Waals surface area contributed by atoms with E-state index in [4.69, 9.17) is 4.74 Å². The summed E-state index contributed by atoms with van der Waals surface area (Å²) in [6.45, 7) is 3.82. The van der Waals surface area contributed by atoms with Crippen molar-refractivity contribution in [2.24, 2.45) is 0 Å². The van der Waals surface area contributed by atoms with Crippen LogP contribution in [0.2, 0.25) is 0 Å². The average Bonchev–Trinajstić information content (AvgIpc) is 2.97. The molecule has 0 aliphatic carbocycles. The summed E-state index contributed by atoms with van der Waals surface area (Å²) in [5, 5.41) is 2.99. The van der Waals surface area contributed by atoms with Gasteiger partial charge in [0, 0.05) is 25.3 Å². The van der Waals surface area contributed by atoms with E-state index in [9.17, 15) is 12.8 Å². The quantitative estimate of drug-likeness (QED) is 0.798. The predicted molar refractivity (Wildman–Crippen MR) is 77.9 cm³/mol. The second-order valence-corrected chi connectivity index (χ2v) is 6.79. The molecule has 1 aliphatic heterocycles. The topological polar surface area (TPSA) is 67.4 Å². The van der Waals surface area contributed by atoms with E-state index in [1.54, 1.807) is 0 Å². The minimum absolute atomic E-state index is 0.0681. The van der Waals surface area contributed by atoms with E-state index in [1.165, 1.54) is 18.2 Å². The van der Waals surface area contributed by atoms with Gasteiger partial charge in [0.15, 0.2) is 0 Å². The molecule has 0 bridgehead atoms. The summed E-state index contributed by atoms with van der Waals surface area (Å²) in [5.41, 5.74) is 0.344. The summed E-state index contributed by atoms with van der Waals surface area (Å²) >= 11 is 0. The normalized spacial score (nSPS) is 19.0. The third-order valence-electron chi connectivity index (χ3n) is 3.42. The molecule has 2 N–H and O–H groups in total. The largest absolute Gasteiger partial charge is 0.377 e. The van der Waals surface area contributed by atoms with E-state index < -0.39 is 15.8 Å². The maximum Gasteiger partial charge on any atom is 0.240 e. The van der Waals surface area contributed by atoms with Gasteiger partial charge in [-0.1, -0.05) is 6.92 Å². The maximum atomic E-state index is 13.6. The Morgan fingerprint density at radius 2 is 2.24 bits per heavy atom. The summed E-state index contributed by atoms with van der Waals surface area (Å²) in [7, 11) is -3.64. The highest BCUT2D eigenvalue weighted by Gasteiger charge is 2.21. The van der Waals surface area contributed by atoms with Gasteiger partial charge in [0.05, 0.1) is 11.0 Å². The van der Waals surface area contributed by atoms with E-state index in [-0.39, 0.29) is 17.5 Å². The number of nitrogens with one attached hydrogen (secondary N) is 2. The molecule has 1 fully saturated rings. The molecule has 118 valence electrons. The third-order valence-corrected chi connectivity index (χ3v) is 4.84. The van der Waals surface area contributed by atoms with E-state index in [0.717, 1.165) is 12.8 Å². The molecule has 1 aliphatic rings. The fraction of sp³-hybridized carbons (Fsp3) is 0.571. The van der Waals surface area contributed by atoms with Crippen molar-refractivity contribution >= 4 is 10.0 Å². The molecule has 0 spiro atoms. The number of hydrogen-bond donors (Lipinski definition) is 2. The van der Waals surface area contributed by atoms with Gasteiger partial charge in [-0.25, -0.2) is 17.5 Å². The van der Waals surface area contributed by atoms with Crippen molar-refractivity contribution in [3.05, 3.63) is 29.6 Å². The summed E-state index contributed by atoms with van der Waals surface area (Å²) < 4.78 is 46.0. The Kier molecular flexibility index (Phi) is 5.69. The molecule has 7 heteroatoms. The first kappa shape index (κ1) is 16.4. The van der Waals surface area contributed by atoms with Crippen molar-refractivity contribution in [1.29, 1.82) is 0 Å². The molecule has 1 aromatic carbocycles.